The van der Waals surface area contributed by atoms with Crippen molar-refractivity contribution in [3.05, 3.63) is 146 Å². The molecule has 6 nitrogen and oxygen atoms in total. The van der Waals surface area contributed by atoms with Crippen LogP contribution in [0.5, 0.6) is 0 Å². The SMILES string of the molecule is Cn1c(C(=O)NC/C=C/c2cn(C(c3ccccc3)(c3ccccc3)c3ccccc3)c(N)n2)cc(Br)c1Br. The number of nitrogens with two attached hydrogens (primary N) is 1. The van der Waals surface area contributed by atoms with E-state index in [1.807, 2.05) is 84.6 Å². The molecule has 3 aromatic carbocycles. The molecule has 39 heavy (non-hydrogen) atoms. The Morgan fingerprint density at radius 1 is 0.923 bits per heavy atom. The molecule has 0 saturated carbocycles. The number of aromatic nitrogens is 3. The number of carbonyl (C=O) groups excluding carboxylic acids is 1. The van der Waals surface area contributed by atoms with Crippen LogP contribution in [-0.2, 0) is 12.6 Å². The average Bonchev–Trinajstić information content (AvgIpc) is 3.47. The quantitative estimate of drug-likeness (QED) is 0.187. The first-order valence-electron chi connectivity index (χ1n) is 12.4. The number of anilines is 1. The van der Waals surface area contributed by atoms with Gasteiger partial charge in [-0.05, 0) is 60.7 Å². The fourth-order valence-corrected chi connectivity index (χ4v) is 5.69. The molecule has 0 saturated heterocycles. The maximum absolute atomic E-state index is 12.7. The van der Waals surface area contributed by atoms with Gasteiger partial charge in [0.25, 0.3) is 5.91 Å². The summed E-state index contributed by atoms with van der Waals surface area (Å²) >= 11 is 6.89. The zero-order valence-corrected chi connectivity index (χ0v) is 24.4. The first kappa shape index (κ1) is 26.7. The molecule has 196 valence electrons. The standard InChI is InChI=1S/C31H27Br2N5O/c1-37-27(20-26(32)28(37)33)29(39)35-19-11-18-25-21-38(30(34)36-25)31(22-12-5-2-6-13-22,23-14-7-3-8-15-23)24-16-9-4-10-17-24/h2-18,20-21H,19H2,1H3,(H2,34,36)(H,35,39)/b18-11+. The highest BCUT2D eigenvalue weighted by molar-refractivity contribution is 9.13. The number of benzene rings is 3. The maximum atomic E-state index is 12.7. The first-order chi connectivity index (χ1) is 18.9. The van der Waals surface area contributed by atoms with Crippen molar-refractivity contribution in [2.75, 3.05) is 12.3 Å². The van der Waals surface area contributed by atoms with Crippen LogP contribution in [0.2, 0.25) is 0 Å². The number of imidazole rings is 1. The minimum Gasteiger partial charge on any atom is -0.369 e. The molecule has 8 heteroatoms. The van der Waals surface area contributed by atoms with Crippen LogP contribution in [0, 0.1) is 0 Å². The predicted octanol–water partition coefficient (Wildman–Crippen LogP) is 6.61. The summed E-state index contributed by atoms with van der Waals surface area (Å²) in [7, 11) is 1.83. The minimum absolute atomic E-state index is 0.171. The summed E-state index contributed by atoms with van der Waals surface area (Å²) < 4.78 is 5.44. The fraction of sp³-hybridized carbons (Fsp3) is 0.0968. The van der Waals surface area contributed by atoms with Gasteiger partial charge in [0.15, 0.2) is 0 Å². The van der Waals surface area contributed by atoms with Crippen molar-refractivity contribution in [3.63, 3.8) is 0 Å². The summed E-state index contributed by atoms with van der Waals surface area (Å²) in [5.41, 5.74) is 10.3. The van der Waals surface area contributed by atoms with Gasteiger partial charge in [0.1, 0.15) is 11.2 Å². The molecule has 0 spiro atoms. The zero-order valence-electron chi connectivity index (χ0n) is 21.3. The van der Waals surface area contributed by atoms with Gasteiger partial charge in [-0.15, -0.1) is 0 Å². The van der Waals surface area contributed by atoms with Gasteiger partial charge in [-0.1, -0.05) is 97.1 Å². The Hall–Kier alpha value is -3.88. The topological polar surface area (TPSA) is 77.9 Å². The highest BCUT2D eigenvalue weighted by atomic mass is 79.9. The highest BCUT2D eigenvalue weighted by Crippen LogP contribution is 2.42. The molecule has 0 aliphatic carbocycles. The maximum Gasteiger partial charge on any atom is 0.268 e. The lowest BCUT2D eigenvalue weighted by Gasteiger charge is -2.37. The summed E-state index contributed by atoms with van der Waals surface area (Å²) in [6.07, 6.45) is 5.70. The lowest BCUT2D eigenvalue weighted by atomic mass is 9.76. The number of nitrogens with one attached hydrogen (secondary N) is 1. The predicted molar refractivity (Wildman–Crippen MR) is 163 cm³/mol. The number of rotatable bonds is 8. The monoisotopic (exact) mass is 643 g/mol. The van der Waals surface area contributed by atoms with Crippen LogP contribution >= 0.6 is 31.9 Å². The van der Waals surface area contributed by atoms with Crippen LogP contribution in [0.4, 0.5) is 5.95 Å². The summed E-state index contributed by atoms with van der Waals surface area (Å²) in [4.78, 5) is 17.3. The molecule has 3 N–H and O–H groups in total. The third-order valence-corrected chi connectivity index (χ3v) is 8.80. The van der Waals surface area contributed by atoms with Crippen molar-refractivity contribution in [2.45, 2.75) is 5.54 Å². The molecular weight excluding hydrogens is 618 g/mol. The Balaban J connectivity index is 1.51. The minimum atomic E-state index is -0.742. The van der Waals surface area contributed by atoms with Crippen molar-refractivity contribution in [1.82, 2.24) is 19.4 Å². The van der Waals surface area contributed by atoms with Crippen LogP contribution in [0.25, 0.3) is 6.08 Å². The van der Waals surface area contributed by atoms with E-state index < -0.39 is 5.54 Å². The lowest BCUT2D eigenvalue weighted by Crippen LogP contribution is -2.38. The van der Waals surface area contributed by atoms with E-state index >= 15 is 0 Å². The molecule has 0 radical (unpaired) electrons. The van der Waals surface area contributed by atoms with Gasteiger partial charge in [0, 0.05) is 19.8 Å². The second kappa shape index (κ2) is 11.5. The van der Waals surface area contributed by atoms with Gasteiger partial charge < -0.3 is 15.6 Å². The summed E-state index contributed by atoms with van der Waals surface area (Å²) in [5.74, 6) is 0.212. The van der Waals surface area contributed by atoms with E-state index in [1.165, 1.54) is 0 Å². The Morgan fingerprint density at radius 3 is 1.90 bits per heavy atom. The van der Waals surface area contributed by atoms with Crippen LogP contribution in [0.1, 0.15) is 32.9 Å². The van der Waals surface area contributed by atoms with E-state index in [-0.39, 0.29) is 5.91 Å². The van der Waals surface area contributed by atoms with Crippen LogP contribution in [-0.4, -0.2) is 26.6 Å². The number of carbonyl (C=O) groups is 1. The van der Waals surface area contributed by atoms with Crippen LogP contribution < -0.4 is 11.1 Å². The molecule has 0 atom stereocenters. The van der Waals surface area contributed by atoms with Gasteiger partial charge in [-0.25, -0.2) is 4.98 Å². The second-order valence-corrected chi connectivity index (χ2v) is 10.6. The molecule has 2 heterocycles. The molecule has 0 unspecified atom stereocenters. The number of nitrogens with zero attached hydrogens (tertiary/aromatic N) is 3. The van der Waals surface area contributed by atoms with E-state index in [4.69, 9.17) is 5.73 Å². The number of nitrogen functional groups attached to an aromatic ring is 1. The van der Waals surface area contributed by atoms with Crippen LogP contribution in [0.3, 0.4) is 0 Å². The van der Waals surface area contributed by atoms with Gasteiger partial charge in [0.2, 0.25) is 5.95 Å². The molecule has 5 rings (SSSR count). The number of halogens is 2. The Kier molecular flexibility index (Phi) is 7.86. The van der Waals surface area contributed by atoms with Crippen LogP contribution in [0.15, 0.2) is 118 Å². The van der Waals surface area contributed by atoms with Crippen molar-refractivity contribution in [1.29, 1.82) is 0 Å². The van der Waals surface area contributed by atoms with Gasteiger partial charge >= 0.3 is 0 Å². The summed E-state index contributed by atoms with van der Waals surface area (Å²) in [5, 5.41) is 2.93. The number of hydrogen-bond donors (Lipinski definition) is 2. The third-order valence-electron chi connectivity index (χ3n) is 6.71. The van der Waals surface area contributed by atoms with Crippen molar-refractivity contribution >= 4 is 49.8 Å². The van der Waals surface area contributed by atoms with E-state index in [0.29, 0.717) is 23.9 Å². The van der Waals surface area contributed by atoms with Crippen molar-refractivity contribution < 1.29 is 4.79 Å². The number of amides is 1. The number of hydrogen-bond acceptors (Lipinski definition) is 3. The summed E-state index contributed by atoms with van der Waals surface area (Å²) in [6, 6.07) is 32.7. The van der Waals surface area contributed by atoms with Crippen molar-refractivity contribution in [2.24, 2.45) is 7.05 Å². The smallest absolute Gasteiger partial charge is 0.268 e. The Labute approximate surface area is 244 Å². The molecule has 0 aliphatic heterocycles. The third kappa shape index (κ3) is 5.10. The van der Waals surface area contributed by atoms with Gasteiger partial charge in [0.05, 0.1) is 14.8 Å². The molecule has 0 aliphatic rings. The molecule has 1 amide bonds. The Bertz CT molecular complexity index is 1510. The molecule has 5 aromatic rings. The molecular formula is C31H27Br2N5O. The molecule has 2 aromatic heterocycles. The van der Waals surface area contributed by atoms with Crippen molar-refractivity contribution in [3.8, 4) is 0 Å². The van der Waals surface area contributed by atoms with E-state index in [1.54, 1.807) is 10.6 Å². The first-order valence-corrected chi connectivity index (χ1v) is 14.0. The zero-order chi connectivity index (χ0) is 27.4. The van der Waals surface area contributed by atoms with Gasteiger partial charge in [-0.2, -0.15) is 0 Å². The average molecular weight is 645 g/mol. The lowest BCUT2D eigenvalue weighted by molar-refractivity contribution is 0.0950. The normalized spacial score (nSPS) is 11.7. The van der Waals surface area contributed by atoms with Gasteiger partial charge in [-0.3, -0.25) is 9.36 Å². The van der Waals surface area contributed by atoms with E-state index in [9.17, 15) is 4.79 Å². The largest absolute Gasteiger partial charge is 0.369 e. The fourth-order valence-electron chi connectivity index (χ4n) is 4.90. The van der Waals surface area contributed by atoms with E-state index in [0.717, 1.165) is 25.8 Å². The molecule has 0 fully saturated rings. The highest BCUT2D eigenvalue weighted by Gasteiger charge is 2.39. The Morgan fingerprint density at radius 2 is 1.44 bits per heavy atom. The molecule has 0 bridgehead atoms. The van der Waals surface area contributed by atoms with E-state index in [2.05, 4.69) is 78.6 Å². The second-order valence-electron chi connectivity index (χ2n) is 9.04. The summed E-state index contributed by atoms with van der Waals surface area (Å²) in [6.45, 7) is 0.340.